The van der Waals surface area contributed by atoms with Crippen molar-refractivity contribution in [3.05, 3.63) is 85.1 Å². The molecule has 0 saturated heterocycles. The zero-order valence-corrected chi connectivity index (χ0v) is 53.9. The van der Waals surface area contributed by atoms with E-state index in [4.69, 9.17) is 13.8 Å². The number of quaternary nitrogens is 1. The Morgan fingerprint density at radius 2 is 0.800 bits per heavy atom. The van der Waals surface area contributed by atoms with Gasteiger partial charge in [0.05, 0.1) is 33.8 Å². The summed E-state index contributed by atoms with van der Waals surface area (Å²) in [5.74, 6) is -0.564. The molecule has 0 radical (unpaired) electrons. The van der Waals surface area contributed by atoms with Crippen LogP contribution < -0.4 is 10.2 Å². The molecular formula is C70H127N2O7P. The summed E-state index contributed by atoms with van der Waals surface area (Å²) in [5.41, 5.74) is 0. The summed E-state index contributed by atoms with van der Waals surface area (Å²) in [5, 5.41) is 3.03. The number of phosphoric acid groups is 1. The van der Waals surface area contributed by atoms with Gasteiger partial charge in [0, 0.05) is 12.8 Å². The van der Waals surface area contributed by atoms with Crippen LogP contribution in [0.3, 0.4) is 0 Å². The van der Waals surface area contributed by atoms with Gasteiger partial charge in [0.15, 0.2) is 0 Å². The Bertz CT molecular complexity index is 1640. The maximum absolute atomic E-state index is 13.6. The lowest BCUT2D eigenvalue weighted by molar-refractivity contribution is -0.870. The smallest absolute Gasteiger partial charge is 0.306 e. The highest BCUT2D eigenvalue weighted by atomic mass is 31.2. The number of allylic oxidation sites excluding steroid dienone is 13. The zero-order chi connectivity index (χ0) is 58.6. The molecule has 9 nitrogen and oxygen atoms in total. The van der Waals surface area contributed by atoms with Gasteiger partial charge in [-0.15, -0.1) is 0 Å². The van der Waals surface area contributed by atoms with E-state index >= 15 is 0 Å². The molecule has 0 heterocycles. The Morgan fingerprint density at radius 1 is 0.450 bits per heavy atom. The lowest BCUT2D eigenvalue weighted by Crippen LogP contribution is -2.47. The molecule has 3 atom stereocenters. The van der Waals surface area contributed by atoms with Gasteiger partial charge in [-0.3, -0.25) is 14.2 Å². The normalized spacial score (nSPS) is 14.1. The van der Waals surface area contributed by atoms with Crippen LogP contribution in [0.15, 0.2) is 85.1 Å². The highest BCUT2D eigenvalue weighted by Gasteiger charge is 2.27. The summed E-state index contributed by atoms with van der Waals surface area (Å²) in [6.07, 6.45) is 78.4. The monoisotopic (exact) mass is 1140 g/mol. The number of likely N-dealkylation sites (N-methyl/N-ethyl adjacent to an activating group) is 1. The number of nitrogens with zero attached hydrogens (tertiary/aromatic N) is 1. The number of amides is 1. The van der Waals surface area contributed by atoms with Gasteiger partial charge in [0.1, 0.15) is 19.3 Å². The van der Waals surface area contributed by atoms with Gasteiger partial charge >= 0.3 is 5.97 Å². The van der Waals surface area contributed by atoms with Gasteiger partial charge in [-0.1, -0.05) is 286 Å². The third-order valence-corrected chi connectivity index (χ3v) is 15.6. The molecule has 3 unspecified atom stereocenters. The van der Waals surface area contributed by atoms with Crippen LogP contribution in [0.4, 0.5) is 0 Å². The van der Waals surface area contributed by atoms with E-state index in [9.17, 15) is 19.0 Å². The fraction of sp³-hybridized carbons (Fsp3) is 0.771. The largest absolute Gasteiger partial charge is 0.756 e. The Morgan fingerprint density at radius 3 is 1.20 bits per heavy atom. The number of esters is 1. The molecule has 464 valence electrons. The second-order valence-corrected chi connectivity index (χ2v) is 25.0. The fourth-order valence-corrected chi connectivity index (χ4v) is 10.2. The average Bonchev–Trinajstić information content (AvgIpc) is 3.43. The molecule has 0 aromatic heterocycles. The van der Waals surface area contributed by atoms with Crippen molar-refractivity contribution in [1.82, 2.24) is 5.32 Å². The molecule has 0 spiro atoms. The molecule has 0 aliphatic rings. The van der Waals surface area contributed by atoms with Gasteiger partial charge in [-0.2, -0.15) is 0 Å². The SMILES string of the molecule is CC/C=C\C/C=C\C/C=C\C/C=C\C/C=C\C/C=C\CCCCCCC(=O)OC(/C=C/CCCCCCCCCCCC)C(COP(=O)([O-])OCC[N+](C)(C)C)NC(=O)CCCCCCCCCCCCCCCCCCCCC. The lowest BCUT2D eigenvalue weighted by Gasteiger charge is -2.30. The molecule has 1 amide bonds. The summed E-state index contributed by atoms with van der Waals surface area (Å²) >= 11 is 0. The minimum absolute atomic E-state index is 0.0285. The molecule has 10 heteroatoms. The van der Waals surface area contributed by atoms with Crippen molar-refractivity contribution in [2.24, 2.45) is 0 Å². The standard InChI is InChI=1S/C70H127N2O7P/c1-7-10-13-16-19-22-25-28-30-32-34-35-36-37-39-41-43-45-48-51-54-57-60-63-70(74)79-68(61-58-55-52-49-46-27-24-21-18-15-12-9-3)67(66-78-80(75,76)77-65-64-72(4,5)6)71-69(73)62-59-56-53-50-47-44-42-40-38-33-31-29-26-23-20-17-14-11-8-2/h10,13,19,22,28,30,34-35,37,39,43,45,58,61,67-68H,7-9,11-12,14-18,20-21,23-27,29,31-33,36,38,40-42,44,46-57,59-60,62-66H2,1-6H3,(H-,71,73,75,76)/b13-10-,22-19-,30-28-,35-34-,39-37-,45-43-,61-58+. The molecule has 0 saturated carbocycles. The Kier molecular flexibility index (Phi) is 57.3. The molecule has 0 aliphatic heterocycles. The van der Waals surface area contributed by atoms with E-state index in [0.29, 0.717) is 23.9 Å². The van der Waals surface area contributed by atoms with Gasteiger partial charge in [0.2, 0.25) is 5.91 Å². The van der Waals surface area contributed by atoms with Crippen molar-refractivity contribution in [2.75, 3.05) is 40.9 Å². The zero-order valence-electron chi connectivity index (χ0n) is 53.0. The second kappa shape index (κ2) is 59.4. The summed E-state index contributed by atoms with van der Waals surface area (Å²) in [7, 11) is 1.17. The average molecular weight is 1140 g/mol. The number of hydrogen-bond acceptors (Lipinski definition) is 7. The van der Waals surface area contributed by atoms with Crippen molar-refractivity contribution >= 4 is 19.7 Å². The van der Waals surface area contributed by atoms with Crippen molar-refractivity contribution in [1.29, 1.82) is 0 Å². The topological polar surface area (TPSA) is 114 Å². The Balaban J connectivity index is 5.22. The molecular weight excluding hydrogens is 1010 g/mol. The number of rotatable bonds is 60. The van der Waals surface area contributed by atoms with Crippen LogP contribution in [0, 0.1) is 0 Å². The minimum Gasteiger partial charge on any atom is -0.756 e. The van der Waals surface area contributed by atoms with Crippen molar-refractivity contribution in [3.63, 3.8) is 0 Å². The van der Waals surface area contributed by atoms with Crippen LogP contribution in [-0.2, 0) is 27.9 Å². The predicted molar refractivity (Wildman–Crippen MR) is 344 cm³/mol. The molecule has 0 bridgehead atoms. The maximum Gasteiger partial charge on any atom is 0.306 e. The van der Waals surface area contributed by atoms with Crippen LogP contribution in [0.5, 0.6) is 0 Å². The molecule has 1 N–H and O–H groups in total. The van der Waals surface area contributed by atoms with E-state index in [1.807, 2.05) is 33.3 Å². The second-order valence-electron chi connectivity index (χ2n) is 23.6. The summed E-state index contributed by atoms with van der Waals surface area (Å²) in [6, 6.07) is -0.901. The van der Waals surface area contributed by atoms with Gasteiger partial charge in [-0.05, 0) is 83.1 Å². The summed E-state index contributed by atoms with van der Waals surface area (Å²) in [4.78, 5) is 40.1. The first-order valence-corrected chi connectivity index (χ1v) is 34.9. The van der Waals surface area contributed by atoms with Crippen LogP contribution in [0.1, 0.15) is 297 Å². The molecule has 0 fully saturated rings. The third kappa shape index (κ3) is 59.8. The number of carbonyl (C=O) groups is 2. The van der Waals surface area contributed by atoms with Crippen LogP contribution in [0.25, 0.3) is 0 Å². The lowest BCUT2D eigenvalue weighted by atomic mass is 10.0. The quantitative estimate of drug-likeness (QED) is 0.0212. The summed E-state index contributed by atoms with van der Waals surface area (Å²) in [6.45, 7) is 6.74. The highest BCUT2D eigenvalue weighted by Crippen LogP contribution is 2.38. The van der Waals surface area contributed by atoms with Gasteiger partial charge in [0.25, 0.3) is 7.82 Å². The molecule has 0 aliphatic carbocycles. The van der Waals surface area contributed by atoms with Crippen molar-refractivity contribution in [2.45, 2.75) is 309 Å². The first kappa shape index (κ1) is 77.2. The molecule has 80 heavy (non-hydrogen) atoms. The van der Waals surface area contributed by atoms with Crippen LogP contribution >= 0.6 is 7.82 Å². The highest BCUT2D eigenvalue weighted by molar-refractivity contribution is 7.45. The molecule has 0 aromatic carbocycles. The maximum atomic E-state index is 13.6. The van der Waals surface area contributed by atoms with Crippen LogP contribution in [-0.4, -0.2) is 69.4 Å². The van der Waals surface area contributed by atoms with E-state index in [2.05, 4.69) is 99.0 Å². The Labute approximate surface area is 495 Å². The third-order valence-electron chi connectivity index (χ3n) is 14.6. The van der Waals surface area contributed by atoms with Crippen molar-refractivity contribution in [3.8, 4) is 0 Å². The molecule has 0 rings (SSSR count). The summed E-state index contributed by atoms with van der Waals surface area (Å²) < 4.78 is 30.4. The number of hydrogen-bond donors (Lipinski definition) is 1. The van der Waals surface area contributed by atoms with Crippen molar-refractivity contribution < 1.29 is 37.3 Å². The van der Waals surface area contributed by atoms with E-state index < -0.39 is 26.6 Å². The van der Waals surface area contributed by atoms with Gasteiger partial charge < -0.3 is 28.5 Å². The first-order chi connectivity index (χ1) is 38.9. The van der Waals surface area contributed by atoms with E-state index in [-0.39, 0.29) is 24.9 Å². The van der Waals surface area contributed by atoms with E-state index in [0.717, 1.165) is 103 Å². The van der Waals surface area contributed by atoms with Gasteiger partial charge in [-0.25, -0.2) is 0 Å². The number of ether oxygens (including phenoxy) is 1. The fourth-order valence-electron chi connectivity index (χ4n) is 9.47. The van der Waals surface area contributed by atoms with E-state index in [1.54, 1.807) is 0 Å². The van der Waals surface area contributed by atoms with Crippen LogP contribution in [0.2, 0.25) is 0 Å². The minimum atomic E-state index is -4.71. The molecule has 0 aromatic rings. The number of nitrogens with one attached hydrogen (secondary N) is 1. The number of phosphoric ester groups is 1. The number of carbonyl (C=O) groups excluding carboxylic acids is 2. The van der Waals surface area contributed by atoms with E-state index in [1.165, 1.54) is 154 Å². The number of unbranched alkanes of at least 4 members (excludes halogenated alkanes) is 32. The Hall–Kier alpha value is -2.81. The first-order valence-electron chi connectivity index (χ1n) is 33.4. The predicted octanol–water partition coefficient (Wildman–Crippen LogP) is 20.3.